The average molecular weight is 437 g/mol. The summed E-state index contributed by atoms with van der Waals surface area (Å²) in [6, 6.07) is 9.00. The fourth-order valence-corrected chi connectivity index (χ4v) is 4.75. The van der Waals surface area contributed by atoms with Gasteiger partial charge in [-0.2, -0.15) is 17.8 Å². The molecular formula is C18H21F2N7O2S. The van der Waals surface area contributed by atoms with E-state index in [9.17, 15) is 17.2 Å². The number of fused-ring (bicyclic) bond motifs is 1. The van der Waals surface area contributed by atoms with E-state index in [2.05, 4.69) is 15.1 Å². The lowest BCUT2D eigenvalue weighted by Crippen LogP contribution is -2.51. The zero-order chi connectivity index (χ0) is 21.3. The standard InChI is InChI=1S/C18H21F2N7O2S/c19-16(20)11-26(30(21,28)29)13-6-8-25(9-7-13)17-15-10-24-27(18(15)23-12-22-17)14-4-2-1-3-5-14/h1-5,10,12-13,16H,6-9,11H2,(H2,21,28,29). The topological polar surface area (TPSA) is 110 Å². The number of anilines is 1. The molecule has 2 N–H and O–H groups in total. The molecule has 0 aliphatic carbocycles. The van der Waals surface area contributed by atoms with E-state index in [-0.39, 0.29) is 0 Å². The molecule has 0 spiro atoms. The molecule has 160 valence electrons. The number of halogens is 2. The summed E-state index contributed by atoms with van der Waals surface area (Å²) in [6.07, 6.45) is 1.09. The number of hydrogen-bond donors (Lipinski definition) is 1. The molecule has 2 aromatic heterocycles. The molecule has 1 saturated heterocycles. The van der Waals surface area contributed by atoms with Crippen LogP contribution in [0.4, 0.5) is 14.6 Å². The Morgan fingerprint density at radius 3 is 2.50 bits per heavy atom. The minimum Gasteiger partial charge on any atom is -0.356 e. The Morgan fingerprint density at radius 1 is 1.17 bits per heavy atom. The number of nitrogens with two attached hydrogens (primary N) is 1. The molecular weight excluding hydrogens is 416 g/mol. The second-order valence-corrected chi connectivity index (χ2v) is 8.55. The minimum absolute atomic E-state index is 0.363. The fraction of sp³-hybridized carbons (Fsp3) is 0.389. The second-order valence-electron chi connectivity index (χ2n) is 7.05. The monoisotopic (exact) mass is 437 g/mol. The van der Waals surface area contributed by atoms with E-state index in [1.165, 1.54) is 6.33 Å². The van der Waals surface area contributed by atoms with Gasteiger partial charge in [0.1, 0.15) is 12.1 Å². The molecule has 9 nitrogen and oxygen atoms in total. The maximum absolute atomic E-state index is 12.8. The van der Waals surface area contributed by atoms with Crippen LogP contribution in [0.25, 0.3) is 16.7 Å². The normalized spacial score (nSPS) is 16.1. The van der Waals surface area contributed by atoms with Crippen molar-refractivity contribution in [1.29, 1.82) is 0 Å². The van der Waals surface area contributed by atoms with E-state index in [1.807, 2.05) is 35.2 Å². The Morgan fingerprint density at radius 2 is 1.87 bits per heavy atom. The maximum Gasteiger partial charge on any atom is 0.277 e. The van der Waals surface area contributed by atoms with E-state index < -0.39 is 29.2 Å². The number of rotatable bonds is 6. The molecule has 1 aliphatic heterocycles. The van der Waals surface area contributed by atoms with Crippen molar-refractivity contribution in [2.45, 2.75) is 25.3 Å². The molecule has 4 rings (SSSR count). The van der Waals surface area contributed by atoms with E-state index in [0.29, 0.717) is 41.7 Å². The lowest BCUT2D eigenvalue weighted by Gasteiger charge is -2.37. The minimum atomic E-state index is -4.21. The summed E-state index contributed by atoms with van der Waals surface area (Å²) in [7, 11) is -4.21. The molecule has 0 bridgehead atoms. The van der Waals surface area contributed by atoms with Crippen molar-refractivity contribution in [3.63, 3.8) is 0 Å². The van der Waals surface area contributed by atoms with Crippen LogP contribution >= 0.6 is 0 Å². The van der Waals surface area contributed by atoms with Gasteiger partial charge in [-0.3, -0.25) is 0 Å². The van der Waals surface area contributed by atoms with E-state index in [0.717, 1.165) is 11.1 Å². The summed E-state index contributed by atoms with van der Waals surface area (Å²) in [5, 5.41) is 10.3. The van der Waals surface area contributed by atoms with Crippen LogP contribution in [0.2, 0.25) is 0 Å². The van der Waals surface area contributed by atoms with Crippen LogP contribution in [0, 0.1) is 0 Å². The molecule has 1 aromatic carbocycles. The highest BCUT2D eigenvalue weighted by Crippen LogP contribution is 2.28. The third-order valence-corrected chi connectivity index (χ3v) is 6.26. The van der Waals surface area contributed by atoms with Crippen LogP contribution in [-0.4, -0.2) is 64.6 Å². The largest absolute Gasteiger partial charge is 0.356 e. The number of alkyl halides is 2. The highest BCUT2D eigenvalue weighted by atomic mass is 32.2. The Kier molecular flexibility index (Phi) is 5.62. The van der Waals surface area contributed by atoms with Crippen molar-refractivity contribution in [2.24, 2.45) is 5.14 Å². The Hall–Kier alpha value is -2.70. The average Bonchev–Trinajstić information content (AvgIpc) is 3.16. The molecule has 0 unspecified atom stereocenters. The summed E-state index contributed by atoms with van der Waals surface area (Å²) in [6.45, 7) is -0.00376. The zero-order valence-electron chi connectivity index (χ0n) is 16.0. The third kappa shape index (κ3) is 4.11. The molecule has 0 saturated carbocycles. The summed E-state index contributed by atoms with van der Waals surface area (Å²) in [5.74, 6) is 0.677. The summed E-state index contributed by atoms with van der Waals surface area (Å²) >= 11 is 0. The van der Waals surface area contributed by atoms with Gasteiger partial charge < -0.3 is 4.90 Å². The SMILES string of the molecule is NS(=O)(=O)N(CC(F)F)C1CCN(c2ncnc3c2cnn3-c2ccccc2)CC1. The van der Waals surface area contributed by atoms with Gasteiger partial charge in [0.25, 0.3) is 16.6 Å². The maximum atomic E-state index is 12.8. The van der Waals surface area contributed by atoms with Crippen molar-refractivity contribution in [1.82, 2.24) is 24.1 Å². The molecule has 0 atom stereocenters. The first kappa shape index (κ1) is 20.6. The number of para-hydroxylation sites is 1. The molecule has 1 aliphatic rings. The molecule has 0 radical (unpaired) electrons. The molecule has 1 fully saturated rings. The number of hydrogen-bond acceptors (Lipinski definition) is 6. The number of benzene rings is 1. The van der Waals surface area contributed by atoms with E-state index in [1.54, 1.807) is 10.9 Å². The van der Waals surface area contributed by atoms with Gasteiger partial charge in [-0.05, 0) is 25.0 Å². The van der Waals surface area contributed by atoms with Gasteiger partial charge in [-0.15, -0.1) is 0 Å². The van der Waals surface area contributed by atoms with Crippen LogP contribution in [-0.2, 0) is 10.2 Å². The fourth-order valence-electron chi connectivity index (χ4n) is 3.80. The second kappa shape index (κ2) is 8.20. The van der Waals surface area contributed by atoms with Crippen LogP contribution < -0.4 is 10.0 Å². The first-order chi connectivity index (χ1) is 14.3. The van der Waals surface area contributed by atoms with Crippen LogP contribution in [0.3, 0.4) is 0 Å². The predicted molar refractivity (Wildman–Crippen MR) is 108 cm³/mol. The molecule has 3 heterocycles. The van der Waals surface area contributed by atoms with Crippen molar-refractivity contribution < 1.29 is 17.2 Å². The quantitative estimate of drug-likeness (QED) is 0.627. The molecule has 30 heavy (non-hydrogen) atoms. The van der Waals surface area contributed by atoms with Crippen molar-refractivity contribution in [2.75, 3.05) is 24.5 Å². The van der Waals surface area contributed by atoms with E-state index >= 15 is 0 Å². The third-order valence-electron chi connectivity index (χ3n) is 5.16. The Bertz CT molecular complexity index is 1120. The van der Waals surface area contributed by atoms with Gasteiger partial charge in [0.15, 0.2) is 5.65 Å². The van der Waals surface area contributed by atoms with Crippen LogP contribution in [0.5, 0.6) is 0 Å². The van der Waals surface area contributed by atoms with Gasteiger partial charge in [0, 0.05) is 19.1 Å². The highest BCUT2D eigenvalue weighted by Gasteiger charge is 2.33. The smallest absolute Gasteiger partial charge is 0.277 e. The first-order valence-electron chi connectivity index (χ1n) is 9.41. The van der Waals surface area contributed by atoms with Crippen LogP contribution in [0.15, 0.2) is 42.9 Å². The molecule has 3 aromatic rings. The van der Waals surface area contributed by atoms with Gasteiger partial charge in [0.05, 0.1) is 23.8 Å². The van der Waals surface area contributed by atoms with Gasteiger partial charge in [0.2, 0.25) is 0 Å². The number of nitrogens with zero attached hydrogens (tertiary/aromatic N) is 6. The molecule has 12 heteroatoms. The first-order valence-corrected chi connectivity index (χ1v) is 10.9. The van der Waals surface area contributed by atoms with E-state index in [4.69, 9.17) is 5.14 Å². The lowest BCUT2D eigenvalue weighted by atomic mass is 10.0. The van der Waals surface area contributed by atoms with Crippen molar-refractivity contribution in [3.8, 4) is 5.69 Å². The van der Waals surface area contributed by atoms with Crippen LogP contribution in [0.1, 0.15) is 12.8 Å². The summed E-state index contributed by atoms with van der Waals surface area (Å²) in [5.41, 5.74) is 1.52. The predicted octanol–water partition coefficient (Wildman–Crippen LogP) is 1.55. The summed E-state index contributed by atoms with van der Waals surface area (Å²) in [4.78, 5) is 10.7. The summed E-state index contributed by atoms with van der Waals surface area (Å²) < 4.78 is 51.6. The highest BCUT2D eigenvalue weighted by molar-refractivity contribution is 7.86. The van der Waals surface area contributed by atoms with Gasteiger partial charge in [-0.25, -0.2) is 28.6 Å². The Balaban J connectivity index is 1.56. The van der Waals surface area contributed by atoms with Crippen molar-refractivity contribution >= 4 is 27.1 Å². The zero-order valence-corrected chi connectivity index (χ0v) is 16.8. The number of aromatic nitrogens is 4. The van der Waals surface area contributed by atoms with Crippen molar-refractivity contribution in [3.05, 3.63) is 42.9 Å². The molecule has 0 amide bonds. The van der Waals surface area contributed by atoms with Gasteiger partial charge in [-0.1, -0.05) is 18.2 Å². The lowest BCUT2D eigenvalue weighted by molar-refractivity contribution is 0.101. The number of piperidine rings is 1. The van der Waals surface area contributed by atoms with Gasteiger partial charge >= 0.3 is 0 Å². The Labute approximate surface area is 172 Å².